The molecule has 4 rings (SSSR count). The molecule has 135 heavy (non-hydrogen) atoms. The van der Waals surface area contributed by atoms with Gasteiger partial charge in [-0.25, -0.2) is 0 Å². The van der Waals surface area contributed by atoms with Crippen LogP contribution in [0.1, 0.15) is 37.1 Å². The maximum atomic E-state index is 11.8. The second-order valence-electron chi connectivity index (χ2n) is 15.2. The molecule has 4 aromatic rings. The summed E-state index contributed by atoms with van der Waals surface area (Å²) >= 11 is 25.9. The number of aliphatic carboxylic acids is 1. The first-order chi connectivity index (χ1) is 66.4. The Kier molecular flexibility index (Phi) is 148. The van der Waals surface area contributed by atoms with Gasteiger partial charge in [0.15, 0.2) is 0 Å². The number of anilines is 2. The lowest BCUT2D eigenvalue weighted by Crippen LogP contribution is -2.13. The third-order valence-corrected chi connectivity index (χ3v) is 200. The average molecular weight is 3670 g/mol. The maximum Gasteiger partial charge on any atom is 0.303 e. The molecule has 0 spiro atoms. The lowest BCUT2D eigenvalue weighted by molar-refractivity contribution is -0.137. The molecule has 0 aliphatic heterocycles. The van der Waals surface area contributed by atoms with E-state index in [1.165, 1.54) is 35.5 Å². The second kappa shape index (κ2) is 132. The van der Waals surface area contributed by atoms with Gasteiger partial charge in [0, 0.05) is 883 Å². The number of nitrogens with one attached hydrogen (secondary N) is 1. The van der Waals surface area contributed by atoms with Crippen molar-refractivity contribution in [3.05, 3.63) is 106 Å². The van der Waals surface area contributed by atoms with Gasteiger partial charge in [-0.1, -0.05) is 44.0 Å². The number of aromatic nitrogens is 2. The molecule has 2 aromatic carbocycles. The fraction of sp³-hybridized carbons (Fsp3) is 0.250. The highest BCUT2D eigenvalue weighted by Gasteiger charge is 2.04. The SMILES string of the molecule is Cc1cc(N)ccn1.Cc1cc(NC(=O)CCCOc2cccc(Br)c2)ccn1.O=C(O)CCCOc1cccc(Br)c1.S=S=S=S=S=S=S=S=S=S=S=S=S=S=S=S=S=S=S=S=S=S=S=S=S=S=S=S=S=S=S=S=S=S=S=S.S=S=S=S=S=S=S=S=S=S=S=S=S=S=S=S=S=S=S=S=S=S=S=S=S=S=S=S=S=S=S=S=S=S=S=S=S=S=S=S=S=S=S=S=S=S=S=S=S=S=S=S=S=S=S=S. The number of ether oxygens (including phenoxy) is 2. The molecule has 4 N–H and O–H groups in total. The number of pyridine rings is 2. The van der Waals surface area contributed by atoms with E-state index in [1.807, 2.05) is 607 Å². The summed E-state index contributed by atoms with van der Waals surface area (Å²) < 4.78 is 12.9. The first-order valence-corrected chi connectivity index (χ1v) is 150. The Morgan fingerprint density at radius 2 is 0.481 bits per heavy atom. The minimum atomic E-state index is -0.789. The topological polar surface area (TPSA) is 137 Å². The zero-order chi connectivity index (χ0) is 97.7. The number of benzene rings is 2. The van der Waals surface area contributed by atoms with E-state index < -0.39 is 5.97 Å². The first kappa shape index (κ1) is 151. The molecule has 0 atom stereocenters. The van der Waals surface area contributed by atoms with Crippen molar-refractivity contribution in [2.45, 2.75) is 39.5 Å². The fourth-order valence-corrected chi connectivity index (χ4v) is 236. The smallest absolute Gasteiger partial charge is 0.303 e. The summed E-state index contributed by atoms with van der Waals surface area (Å²) in [6.45, 7) is 4.75. The van der Waals surface area contributed by atoms with Crippen molar-refractivity contribution in [2.24, 2.45) is 0 Å². The van der Waals surface area contributed by atoms with Gasteiger partial charge >= 0.3 is 5.97 Å². The summed E-state index contributed by atoms with van der Waals surface area (Å²) in [4.78, 5) is 30.0. The summed E-state index contributed by atoms with van der Waals surface area (Å²) in [5, 5.41) is 11.2. The second-order valence-corrected chi connectivity index (χ2v) is 173. The molecule has 1 amide bonds. The average Bonchev–Trinajstić information content (AvgIpc) is 0.915. The van der Waals surface area contributed by atoms with Crippen molar-refractivity contribution in [1.82, 2.24) is 9.97 Å². The highest BCUT2D eigenvalue weighted by Crippen LogP contribution is 2.19. The molecule has 103 heteroatoms. The molecule has 780 valence electrons. The summed E-state index contributed by atoms with van der Waals surface area (Å²) in [5.74, 6) is 0.751. The Hall–Kier alpha value is 16.3. The zero-order valence-corrected chi connectivity index (χ0v) is 140. The summed E-state index contributed by atoms with van der Waals surface area (Å²) in [6, 6.07) is 22.3. The molecule has 0 saturated carbocycles. The molecule has 2 aromatic heterocycles. The molecule has 0 radical (unpaired) electrons. The van der Waals surface area contributed by atoms with Gasteiger partial charge in [-0.2, -0.15) is 0 Å². The van der Waals surface area contributed by atoms with Crippen LogP contribution in [0, 0.1) is 13.8 Å². The van der Waals surface area contributed by atoms with Crippen molar-refractivity contribution in [1.29, 1.82) is 0 Å². The number of hydrogen-bond donors (Lipinski definition) is 3. The van der Waals surface area contributed by atoms with Crippen molar-refractivity contribution < 1.29 is 24.2 Å². The van der Waals surface area contributed by atoms with Gasteiger partial charge in [0.25, 0.3) is 0 Å². The van der Waals surface area contributed by atoms with Gasteiger partial charge in [-0.05, 0) is 87.4 Å². The van der Waals surface area contributed by atoms with E-state index in [0.29, 0.717) is 32.5 Å². The normalized spacial score (nSPS) is 8.41. The lowest BCUT2D eigenvalue weighted by Gasteiger charge is -2.07. The minimum Gasteiger partial charge on any atom is -0.494 e. The number of halogens is 2. The van der Waals surface area contributed by atoms with Gasteiger partial charge in [0.1, 0.15) is 11.5 Å². The number of carboxylic acid groups (broad SMARTS) is 1. The molecule has 0 unspecified atom stereocenters. The van der Waals surface area contributed by atoms with Crippen molar-refractivity contribution in [3.8, 4) is 11.5 Å². The van der Waals surface area contributed by atoms with Crippen LogP contribution in [0.3, 0.4) is 0 Å². The molecule has 9 nitrogen and oxygen atoms in total. The number of aryl methyl sites for hydroxylation is 2. The van der Waals surface area contributed by atoms with Crippen LogP contribution in [0.2, 0.25) is 0 Å². The van der Waals surface area contributed by atoms with Crippen LogP contribution in [0.25, 0.3) is 0 Å². The van der Waals surface area contributed by atoms with Crippen LogP contribution in [-0.2, 0) is 836 Å². The van der Waals surface area contributed by atoms with Crippen molar-refractivity contribution in [3.63, 3.8) is 0 Å². The van der Waals surface area contributed by atoms with Gasteiger partial charge < -0.3 is 25.6 Å². The van der Waals surface area contributed by atoms with Crippen molar-refractivity contribution >= 4 is 881 Å². The lowest BCUT2D eigenvalue weighted by atomic mass is 10.3. The van der Waals surface area contributed by atoms with E-state index in [0.717, 1.165) is 43.2 Å². The Morgan fingerprint density at radius 3 is 0.652 bits per heavy atom. The molecule has 0 aliphatic rings. The Labute approximate surface area is 1070 Å². The Bertz CT molecular complexity index is 8950. The first-order valence-electron chi connectivity index (χ1n) is 28.5. The molecule has 0 saturated heterocycles. The molecule has 2 heterocycles. The van der Waals surface area contributed by atoms with Gasteiger partial charge in [0.05, 0.1) is 13.2 Å². The van der Waals surface area contributed by atoms with Crippen molar-refractivity contribution in [2.75, 3.05) is 24.3 Å². The van der Waals surface area contributed by atoms with Crippen LogP contribution in [0.5, 0.6) is 11.5 Å². The van der Waals surface area contributed by atoms with E-state index >= 15 is 0 Å². The van der Waals surface area contributed by atoms with Gasteiger partial charge in [0.2, 0.25) is 5.91 Å². The molecule has 0 aliphatic carbocycles. The van der Waals surface area contributed by atoms with Gasteiger partial charge in [-0.15, -0.1) is 0 Å². The number of carboxylic acids is 1. The number of carbonyl (C=O) groups is 2. The number of hydrogen-bond acceptors (Lipinski definition) is 11. The molecule has 0 fully saturated rings. The van der Waals surface area contributed by atoms with Crippen LogP contribution < -0.4 is 20.5 Å². The van der Waals surface area contributed by atoms with Gasteiger partial charge in [-0.3, -0.25) is 19.6 Å². The minimum absolute atomic E-state index is 0.0153. The summed E-state index contributed by atoms with van der Waals surface area (Å²) in [6.07, 6.45) is 5.15. The number of nitrogen functional groups attached to an aromatic ring is 1. The van der Waals surface area contributed by atoms with E-state index in [9.17, 15) is 9.59 Å². The number of amides is 1. The third kappa shape index (κ3) is 129. The van der Waals surface area contributed by atoms with Crippen LogP contribution in [0.15, 0.2) is 94.1 Å². The Morgan fingerprint density at radius 1 is 0.289 bits per heavy atom. The number of nitrogens with zero attached hydrogens (tertiary/aromatic N) is 2. The number of carbonyl (C=O) groups excluding carboxylic acids is 1. The Balaban J connectivity index is 0.00000190. The van der Waals surface area contributed by atoms with E-state index in [-0.39, 0.29) is 12.3 Å². The van der Waals surface area contributed by atoms with Crippen LogP contribution in [0.4, 0.5) is 11.4 Å². The van der Waals surface area contributed by atoms with E-state index in [1.54, 1.807) is 238 Å². The summed E-state index contributed by atoms with van der Waals surface area (Å²) in [5.41, 5.74) is 8.82. The quantitative estimate of drug-likeness (QED) is 0.129. The predicted molar refractivity (Wildman–Crippen MR) is 854 cm³/mol. The fourth-order valence-electron chi connectivity index (χ4n) is 4.32. The highest BCUT2D eigenvalue weighted by molar-refractivity contribution is 9.11. The number of nitrogens with two attached hydrogens (primary N) is 1. The van der Waals surface area contributed by atoms with Crippen LogP contribution in [-0.4, -0.2) is 40.2 Å². The largest absolute Gasteiger partial charge is 0.494 e. The third-order valence-electron chi connectivity index (χ3n) is 7.70. The zero-order valence-electron chi connectivity index (χ0n) is 61.7. The highest BCUT2D eigenvalue weighted by atomic mass is 79.9. The standard InChI is InChI=1S/C16H17BrN2O2.C10H11BrO3.C6H8N2.S56.S36/c1-12-10-14(7-8-18-12)19-16(20)6-3-9-21-15-5-2-4-13(17)11-15;11-8-3-1-4-9(7-8)14-6-2-5-10(12)13;1-5-4-6(7)2-3-8-5;1-3-5-7-9-11-13-15-17-19-21-23-25-27-29-31-33-35-37-39-41-43-45-47-49-51-53-55-56-54-52-50-48-46-44-42-40-38-36-34-32-30-28-26-24-22-20-18-16-14-12-10-8-6-4-2;1-3-5-7-9-11-13-15-17-19-21-23-25-27-29-31-33-35-36-34-32-30-28-26-24-22-20-18-16-14-12-10-8-6-4-2/h2,4-5,7-8,10-11H,3,6,9H2,1H3,(H,18,19,20);1,3-4,7H,2,5-6H2,(H,12,13);2-4H,1H3,(H2,7,8);;. The predicted octanol–water partition coefficient (Wildman–Crippen LogP) is 7.39. The molecular formula is C32H36Br2N4O5S92. The molecule has 0 bridgehead atoms. The molecular weight excluding hydrogens is 3630 g/mol. The number of rotatable bonds is 11. The monoisotopic (exact) mass is 3660 g/mol. The van der Waals surface area contributed by atoms with E-state index in [2.05, 4.69) is 47.1 Å². The summed E-state index contributed by atoms with van der Waals surface area (Å²) in [7, 11) is 157. The maximum absolute atomic E-state index is 11.8. The van der Waals surface area contributed by atoms with Crippen LogP contribution >= 0.6 is 31.9 Å². The van der Waals surface area contributed by atoms with E-state index in [4.69, 9.17) is 65.1 Å².